The lowest BCUT2D eigenvalue weighted by Gasteiger charge is -2.15. The Labute approximate surface area is 190 Å². The molecule has 2 aromatic carbocycles. The summed E-state index contributed by atoms with van der Waals surface area (Å²) in [7, 11) is -3.51. The van der Waals surface area contributed by atoms with E-state index in [1.807, 2.05) is 0 Å². The highest BCUT2D eigenvalue weighted by Crippen LogP contribution is 2.30. The predicted molar refractivity (Wildman–Crippen MR) is 123 cm³/mol. The zero-order valence-electron chi connectivity index (χ0n) is 17.5. The van der Waals surface area contributed by atoms with E-state index in [9.17, 15) is 18.0 Å². The Kier molecular flexibility index (Phi) is 6.54. The third kappa shape index (κ3) is 4.82. The van der Waals surface area contributed by atoms with Gasteiger partial charge in [-0.15, -0.1) is 0 Å². The summed E-state index contributed by atoms with van der Waals surface area (Å²) >= 11 is 1.21. The number of carbonyl (C=O) groups is 2. The van der Waals surface area contributed by atoms with E-state index < -0.39 is 10.0 Å². The number of aromatic nitrogens is 1. The fraction of sp³-hybridized carbons (Fsp3) is 0.318. The minimum atomic E-state index is -3.51. The summed E-state index contributed by atoms with van der Waals surface area (Å²) in [5, 5.41) is 3.05. The molecule has 168 valence electrons. The van der Waals surface area contributed by atoms with Crippen LogP contribution in [0.2, 0.25) is 0 Å². The van der Waals surface area contributed by atoms with E-state index in [4.69, 9.17) is 4.74 Å². The topological polar surface area (TPSA) is 106 Å². The molecule has 0 saturated carbocycles. The molecule has 2 heterocycles. The van der Waals surface area contributed by atoms with Gasteiger partial charge in [0.05, 0.1) is 15.1 Å². The third-order valence-corrected chi connectivity index (χ3v) is 8.00. The molecule has 0 aliphatic carbocycles. The van der Waals surface area contributed by atoms with Crippen molar-refractivity contribution in [2.75, 3.05) is 25.0 Å². The average Bonchev–Trinajstić information content (AvgIpc) is 3.47. The van der Waals surface area contributed by atoms with E-state index in [-0.39, 0.29) is 23.2 Å². The normalized spacial score (nSPS) is 14.5. The van der Waals surface area contributed by atoms with Crippen LogP contribution in [0.4, 0.5) is 5.13 Å². The number of hydrogen-bond donors (Lipinski definition) is 1. The molecule has 0 bridgehead atoms. The fourth-order valence-corrected chi connectivity index (χ4v) is 5.98. The SMILES string of the molecule is CCC(=O)c1ccc(OCC(=O)Nc2nc3ccc(S(=O)(=O)N4CCCC4)cc3s2)cc1. The monoisotopic (exact) mass is 473 g/mol. The van der Waals surface area contributed by atoms with Gasteiger partial charge in [-0.25, -0.2) is 13.4 Å². The van der Waals surface area contributed by atoms with Crippen molar-refractivity contribution >= 4 is 48.4 Å². The number of rotatable bonds is 8. The van der Waals surface area contributed by atoms with Gasteiger partial charge in [-0.05, 0) is 55.3 Å². The number of nitrogens with one attached hydrogen (secondary N) is 1. The number of thiazole rings is 1. The molecule has 0 spiro atoms. The van der Waals surface area contributed by atoms with Crippen LogP contribution in [-0.4, -0.2) is 49.1 Å². The lowest BCUT2D eigenvalue weighted by Crippen LogP contribution is -2.27. The second-order valence-electron chi connectivity index (χ2n) is 7.40. The number of hydrogen-bond acceptors (Lipinski definition) is 7. The van der Waals surface area contributed by atoms with Crippen molar-refractivity contribution in [1.29, 1.82) is 0 Å². The van der Waals surface area contributed by atoms with Gasteiger partial charge in [-0.2, -0.15) is 4.31 Å². The van der Waals surface area contributed by atoms with Crippen molar-refractivity contribution in [1.82, 2.24) is 9.29 Å². The van der Waals surface area contributed by atoms with E-state index in [0.29, 0.717) is 46.2 Å². The number of ether oxygens (including phenoxy) is 1. The van der Waals surface area contributed by atoms with Crippen LogP contribution in [0.15, 0.2) is 47.4 Å². The Hall–Kier alpha value is -2.82. The maximum Gasteiger partial charge on any atom is 0.264 e. The van der Waals surface area contributed by atoms with Crippen molar-refractivity contribution in [2.45, 2.75) is 31.1 Å². The smallest absolute Gasteiger partial charge is 0.264 e. The number of amides is 1. The van der Waals surface area contributed by atoms with Gasteiger partial charge in [0.15, 0.2) is 17.5 Å². The Balaban J connectivity index is 1.39. The molecule has 1 fully saturated rings. The van der Waals surface area contributed by atoms with Gasteiger partial charge in [0.25, 0.3) is 5.91 Å². The maximum absolute atomic E-state index is 12.8. The first-order valence-corrected chi connectivity index (χ1v) is 12.6. The molecule has 0 radical (unpaired) electrons. The van der Waals surface area contributed by atoms with Gasteiger partial charge in [0.1, 0.15) is 5.75 Å². The quantitative estimate of drug-likeness (QED) is 0.500. The van der Waals surface area contributed by atoms with Crippen molar-refractivity contribution in [3.05, 3.63) is 48.0 Å². The number of anilines is 1. The fourth-order valence-electron chi connectivity index (χ4n) is 3.44. The first-order valence-electron chi connectivity index (χ1n) is 10.3. The average molecular weight is 474 g/mol. The molecule has 0 atom stereocenters. The molecular weight excluding hydrogens is 450 g/mol. The zero-order valence-corrected chi connectivity index (χ0v) is 19.2. The van der Waals surface area contributed by atoms with Crippen molar-refractivity contribution < 1.29 is 22.7 Å². The standard InChI is InChI=1S/C22H23N3O5S2/c1-2-19(26)15-5-7-16(8-6-15)30-14-21(27)24-22-23-18-10-9-17(13-20(18)31-22)32(28,29)25-11-3-4-12-25/h5-10,13H,2-4,11-12,14H2,1H3,(H,23,24,27). The summed E-state index contributed by atoms with van der Waals surface area (Å²) in [6.45, 7) is 2.67. The second-order valence-corrected chi connectivity index (χ2v) is 10.4. The predicted octanol–water partition coefficient (Wildman–Crippen LogP) is 3.69. The number of fused-ring (bicyclic) bond motifs is 1. The Morgan fingerprint density at radius 1 is 1.12 bits per heavy atom. The molecule has 1 N–H and O–H groups in total. The summed E-state index contributed by atoms with van der Waals surface area (Å²) in [5.41, 5.74) is 1.22. The molecule has 3 aromatic rings. The van der Waals surface area contributed by atoms with Crippen LogP contribution >= 0.6 is 11.3 Å². The summed E-state index contributed by atoms with van der Waals surface area (Å²) in [5.74, 6) is 0.137. The highest BCUT2D eigenvalue weighted by molar-refractivity contribution is 7.89. The lowest BCUT2D eigenvalue weighted by molar-refractivity contribution is -0.118. The molecule has 0 unspecified atom stereocenters. The van der Waals surface area contributed by atoms with E-state index in [1.54, 1.807) is 49.4 Å². The van der Waals surface area contributed by atoms with Crippen LogP contribution in [0.3, 0.4) is 0 Å². The van der Waals surface area contributed by atoms with Crippen LogP contribution in [0.5, 0.6) is 5.75 Å². The second kappa shape index (κ2) is 9.35. The largest absolute Gasteiger partial charge is 0.484 e. The molecule has 1 aromatic heterocycles. The van der Waals surface area contributed by atoms with Crippen LogP contribution in [0.1, 0.15) is 36.5 Å². The minimum Gasteiger partial charge on any atom is -0.484 e. The van der Waals surface area contributed by atoms with Gasteiger partial charge >= 0.3 is 0 Å². The van der Waals surface area contributed by atoms with Gasteiger partial charge in [0, 0.05) is 25.1 Å². The summed E-state index contributed by atoms with van der Waals surface area (Å²) in [4.78, 5) is 28.5. The Morgan fingerprint density at radius 3 is 2.53 bits per heavy atom. The van der Waals surface area contributed by atoms with Crippen molar-refractivity contribution in [3.8, 4) is 5.75 Å². The number of carbonyl (C=O) groups excluding carboxylic acids is 2. The number of benzene rings is 2. The first-order chi connectivity index (χ1) is 15.4. The van der Waals surface area contributed by atoms with Gasteiger partial charge in [0.2, 0.25) is 10.0 Å². The zero-order chi connectivity index (χ0) is 22.7. The number of ketones is 1. The highest BCUT2D eigenvalue weighted by Gasteiger charge is 2.27. The summed E-state index contributed by atoms with van der Waals surface area (Å²) in [6, 6.07) is 11.4. The summed E-state index contributed by atoms with van der Waals surface area (Å²) in [6.07, 6.45) is 2.18. The lowest BCUT2D eigenvalue weighted by atomic mass is 10.1. The van der Waals surface area contributed by atoms with Crippen molar-refractivity contribution in [3.63, 3.8) is 0 Å². The van der Waals surface area contributed by atoms with Crippen LogP contribution in [0, 0.1) is 0 Å². The number of nitrogens with zero attached hydrogens (tertiary/aromatic N) is 2. The van der Waals surface area contributed by atoms with E-state index in [0.717, 1.165) is 12.8 Å². The first kappa shape index (κ1) is 22.4. The molecule has 32 heavy (non-hydrogen) atoms. The Morgan fingerprint density at radius 2 is 1.84 bits per heavy atom. The molecule has 1 saturated heterocycles. The summed E-state index contributed by atoms with van der Waals surface area (Å²) < 4.78 is 33.2. The highest BCUT2D eigenvalue weighted by atomic mass is 32.2. The minimum absolute atomic E-state index is 0.0431. The molecule has 4 rings (SSSR count). The maximum atomic E-state index is 12.8. The van der Waals surface area contributed by atoms with E-state index in [1.165, 1.54) is 15.6 Å². The Bertz CT molecular complexity index is 1250. The molecule has 10 heteroatoms. The van der Waals surface area contributed by atoms with E-state index >= 15 is 0 Å². The molecule has 1 aliphatic rings. The number of sulfonamides is 1. The third-order valence-electron chi connectivity index (χ3n) is 5.18. The van der Waals surface area contributed by atoms with E-state index in [2.05, 4.69) is 10.3 Å². The van der Waals surface area contributed by atoms with Crippen LogP contribution < -0.4 is 10.1 Å². The van der Waals surface area contributed by atoms with Crippen molar-refractivity contribution in [2.24, 2.45) is 0 Å². The molecule has 8 nitrogen and oxygen atoms in total. The van der Waals surface area contributed by atoms with Gasteiger partial charge in [-0.1, -0.05) is 18.3 Å². The molecular formula is C22H23N3O5S2. The van der Waals surface area contributed by atoms with Crippen LogP contribution in [-0.2, 0) is 14.8 Å². The number of Topliss-reactive ketones (excluding diaryl/α,β-unsaturated/α-hetero) is 1. The van der Waals surface area contributed by atoms with Crippen LogP contribution in [0.25, 0.3) is 10.2 Å². The molecule has 1 amide bonds. The van der Waals surface area contributed by atoms with Gasteiger partial charge in [-0.3, -0.25) is 14.9 Å². The molecule has 1 aliphatic heterocycles. The van der Waals surface area contributed by atoms with Gasteiger partial charge < -0.3 is 4.74 Å².